The highest BCUT2D eigenvalue weighted by Gasteiger charge is 2.11. The lowest BCUT2D eigenvalue weighted by Gasteiger charge is -2.17. The van der Waals surface area contributed by atoms with Crippen molar-refractivity contribution in [3.63, 3.8) is 0 Å². The quantitative estimate of drug-likeness (QED) is 0.733. The second-order valence-corrected chi connectivity index (χ2v) is 5.49. The Kier molecular flexibility index (Phi) is 4.06. The highest BCUT2D eigenvalue weighted by molar-refractivity contribution is 7.09. The summed E-state index contributed by atoms with van der Waals surface area (Å²) < 4.78 is 0. The average molecular weight is 275 g/mol. The van der Waals surface area contributed by atoms with Gasteiger partial charge in [-0.1, -0.05) is 12.1 Å². The topological polar surface area (TPSA) is 81.1 Å². The fraction of sp³-hybridized carbons (Fsp3) is 0.214. The maximum atomic E-state index is 11.2. The first-order valence-corrected chi connectivity index (χ1v) is 6.93. The minimum atomic E-state index is -0.507. The molecule has 1 heterocycles. The molecule has 19 heavy (non-hydrogen) atoms. The van der Waals surface area contributed by atoms with E-state index >= 15 is 0 Å². The number of carbonyl (C=O) groups excluding carboxylic acids is 1. The summed E-state index contributed by atoms with van der Waals surface area (Å²) in [6, 6.07) is 9.63. The zero-order valence-corrected chi connectivity index (χ0v) is 11.5. The molecule has 0 radical (unpaired) electrons. The summed E-state index contributed by atoms with van der Waals surface area (Å²) in [5, 5.41) is 5.38. The van der Waals surface area contributed by atoms with Gasteiger partial charge in [-0.3, -0.25) is 4.79 Å². The number of rotatable bonds is 5. The van der Waals surface area contributed by atoms with Gasteiger partial charge in [0.25, 0.3) is 5.91 Å². The molecule has 5 heteroatoms. The smallest absolute Gasteiger partial charge is 0.250 e. The lowest BCUT2D eigenvalue weighted by molar-refractivity contribution is 0.100. The van der Waals surface area contributed by atoms with Crippen LogP contribution in [0.4, 0.5) is 11.4 Å². The summed E-state index contributed by atoms with van der Waals surface area (Å²) in [5.41, 5.74) is 12.7. The van der Waals surface area contributed by atoms with E-state index in [0.717, 1.165) is 12.1 Å². The van der Waals surface area contributed by atoms with E-state index in [0.29, 0.717) is 11.3 Å². The summed E-state index contributed by atoms with van der Waals surface area (Å²) in [7, 11) is 0. The number of benzene rings is 1. The van der Waals surface area contributed by atoms with Gasteiger partial charge in [0.05, 0.1) is 16.9 Å². The Labute approximate surface area is 116 Å². The third-order valence-electron chi connectivity index (χ3n) is 2.86. The number of para-hydroxylation sites is 1. The molecule has 5 N–H and O–H groups in total. The summed E-state index contributed by atoms with van der Waals surface area (Å²) in [4.78, 5) is 12.5. The van der Waals surface area contributed by atoms with Gasteiger partial charge in [0, 0.05) is 17.3 Å². The number of thiophene rings is 1. The fourth-order valence-electron chi connectivity index (χ4n) is 1.95. The number of amides is 1. The van der Waals surface area contributed by atoms with E-state index in [1.54, 1.807) is 23.5 Å². The first kappa shape index (κ1) is 13.4. The van der Waals surface area contributed by atoms with Crippen molar-refractivity contribution in [3.8, 4) is 0 Å². The number of carbonyl (C=O) groups is 1. The molecule has 0 aliphatic rings. The Hall–Kier alpha value is -2.01. The van der Waals surface area contributed by atoms with Crippen LogP contribution >= 0.6 is 11.3 Å². The van der Waals surface area contributed by atoms with E-state index in [1.807, 2.05) is 12.1 Å². The van der Waals surface area contributed by atoms with E-state index in [9.17, 15) is 4.79 Å². The molecule has 0 saturated heterocycles. The lowest BCUT2D eigenvalue weighted by Crippen LogP contribution is -2.20. The molecule has 0 aliphatic heterocycles. The molecule has 1 unspecified atom stereocenters. The van der Waals surface area contributed by atoms with Gasteiger partial charge in [-0.2, -0.15) is 0 Å². The second-order valence-electron chi connectivity index (χ2n) is 4.46. The van der Waals surface area contributed by atoms with Gasteiger partial charge in [0.15, 0.2) is 0 Å². The van der Waals surface area contributed by atoms with Crippen LogP contribution in [0.2, 0.25) is 0 Å². The van der Waals surface area contributed by atoms with Crippen LogP contribution in [0.3, 0.4) is 0 Å². The average Bonchev–Trinajstić information content (AvgIpc) is 2.84. The van der Waals surface area contributed by atoms with Gasteiger partial charge in [-0.05, 0) is 30.5 Å². The molecule has 1 aromatic carbocycles. The van der Waals surface area contributed by atoms with E-state index in [1.165, 1.54) is 4.88 Å². The fourth-order valence-corrected chi connectivity index (χ4v) is 2.79. The van der Waals surface area contributed by atoms with Crippen LogP contribution in [0, 0.1) is 0 Å². The van der Waals surface area contributed by atoms with Crippen molar-refractivity contribution in [2.45, 2.75) is 19.4 Å². The molecule has 1 aromatic heterocycles. The summed E-state index contributed by atoms with van der Waals surface area (Å²) >= 11 is 1.73. The second kappa shape index (κ2) is 5.75. The van der Waals surface area contributed by atoms with Gasteiger partial charge >= 0.3 is 0 Å². The number of hydrogen-bond donors (Lipinski definition) is 3. The van der Waals surface area contributed by atoms with Crippen molar-refractivity contribution in [3.05, 3.63) is 46.2 Å². The van der Waals surface area contributed by atoms with Gasteiger partial charge in [0.2, 0.25) is 0 Å². The maximum absolute atomic E-state index is 11.2. The van der Waals surface area contributed by atoms with E-state index in [4.69, 9.17) is 11.5 Å². The summed E-state index contributed by atoms with van der Waals surface area (Å²) in [6.45, 7) is 2.08. The van der Waals surface area contributed by atoms with Crippen molar-refractivity contribution in [1.82, 2.24) is 0 Å². The molecule has 2 aromatic rings. The van der Waals surface area contributed by atoms with Crippen LogP contribution < -0.4 is 16.8 Å². The molecule has 0 saturated carbocycles. The van der Waals surface area contributed by atoms with Crippen LogP contribution in [0.1, 0.15) is 22.2 Å². The van der Waals surface area contributed by atoms with Gasteiger partial charge in [-0.25, -0.2) is 0 Å². The van der Waals surface area contributed by atoms with Gasteiger partial charge < -0.3 is 16.8 Å². The highest BCUT2D eigenvalue weighted by atomic mass is 32.1. The predicted octanol–water partition coefficient (Wildman–Crippen LogP) is 2.47. The molecule has 100 valence electrons. The Morgan fingerprint density at radius 3 is 2.79 bits per heavy atom. The minimum Gasteiger partial charge on any atom is -0.396 e. The molecule has 0 spiro atoms. The molecule has 4 nitrogen and oxygen atoms in total. The first-order chi connectivity index (χ1) is 9.08. The van der Waals surface area contributed by atoms with Crippen molar-refractivity contribution in [1.29, 1.82) is 0 Å². The summed E-state index contributed by atoms with van der Waals surface area (Å²) in [5.74, 6) is -0.507. The number of nitrogens with one attached hydrogen (secondary N) is 1. The van der Waals surface area contributed by atoms with E-state index in [2.05, 4.69) is 23.7 Å². The number of nitrogens with two attached hydrogens (primary N) is 2. The Bertz CT molecular complexity index is 566. The molecule has 0 aliphatic carbocycles. The number of primary amides is 1. The predicted molar refractivity (Wildman–Crippen MR) is 80.5 cm³/mol. The van der Waals surface area contributed by atoms with Gasteiger partial charge in [-0.15, -0.1) is 11.3 Å². The van der Waals surface area contributed by atoms with Gasteiger partial charge in [0.1, 0.15) is 0 Å². The third kappa shape index (κ3) is 3.26. The normalized spacial score (nSPS) is 12.1. The number of nitrogen functional groups attached to an aromatic ring is 1. The molecule has 0 fully saturated rings. The van der Waals surface area contributed by atoms with E-state index in [-0.39, 0.29) is 6.04 Å². The zero-order valence-electron chi connectivity index (χ0n) is 10.7. The maximum Gasteiger partial charge on any atom is 0.250 e. The van der Waals surface area contributed by atoms with Crippen LogP contribution in [0.15, 0.2) is 35.7 Å². The number of hydrogen-bond acceptors (Lipinski definition) is 4. The van der Waals surface area contributed by atoms with Crippen LogP contribution in [0.5, 0.6) is 0 Å². The first-order valence-electron chi connectivity index (χ1n) is 6.05. The monoisotopic (exact) mass is 275 g/mol. The third-order valence-corrected chi connectivity index (χ3v) is 3.76. The Balaban J connectivity index is 2.10. The highest BCUT2D eigenvalue weighted by Crippen LogP contribution is 2.24. The van der Waals surface area contributed by atoms with Crippen LogP contribution in [0.25, 0.3) is 0 Å². The SMILES string of the molecule is CC(Cc1cccs1)Nc1cccc(C(N)=O)c1N. The minimum absolute atomic E-state index is 0.226. The Morgan fingerprint density at radius 2 is 2.16 bits per heavy atom. The van der Waals surface area contributed by atoms with E-state index < -0.39 is 5.91 Å². The molecule has 0 bridgehead atoms. The van der Waals surface area contributed by atoms with Crippen molar-refractivity contribution < 1.29 is 4.79 Å². The van der Waals surface area contributed by atoms with Crippen molar-refractivity contribution >= 4 is 28.6 Å². The molecular formula is C14H17N3OS. The molecule has 2 rings (SSSR count). The largest absolute Gasteiger partial charge is 0.396 e. The van der Waals surface area contributed by atoms with Crippen LogP contribution in [-0.4, -0.2) is 11.9 Å². The summed E-state index contributed by atoms with van der Waals surface area (Å²) in [6.07, 6.45) is 0.915. The standard InChI is InChI=1S/C14H17N3OS/c1-9(8-10-4-3-7-19-10)17-12-6-2-5-11(13(12)15)14(16)18/h2-7,9,17H,8,15H2,1H3,(H2,16,18). The van der Waals surface area contributed by atoms with Crippen LogP contribution in [-0.2, 0) is 6.42 Å². The molecule has 1 amide bonds. The van der Waals surface area contributed by atoms with Crippen molar-refractivity contribution in [2.24, 2.45) is 5.73 Å². The zero-order chi connectivity index (χ0) is 13.8. The Morgan fingerprint density at radius 1 is 1.37 bits per heavy atom. The van der Waals surface area contributed by atoms with Crippen molar-refractivity contribution in [2.75, 3.05) is 11.1 Å². The molecule has 1 atom stereocenters. The lowest BCUT2D eigenvalue weighted by atomic mass is 10.1. The molecular weight excluding hydrogens is 258 g/mol. The number of anilines is 2.